The second-order valence-electron chi connectivity index (χ2n) is 14.8. The maximum Gasteiger partial charge on any atom is 0.238 e. The van der Waals surface area contributed by atoms with Gasteiger partial charge in [-0.1, -0.05) is 152 Å². The molecule has 9 aromatic carbocycles. The minimum absolute atomic E-state index is 0.548. The van der Waals surface area contributed by atoms with Gasteiger partial charge in [-0.05, 0) is 80.9 Å². The minimum Gasteiger partial charge on any atom is -0.455 e. The zero-order chi connectivity index (χ0) is 38.2. The molecule has 0 saturated heterocycles. The maximum atomic E-state index is 6.63. The number of nitrogens with zero attached hydrogens (tertiary/aromatic N) is 4. The van der Waals surface area contributed by atoms with Crippen LogP contribution in [0.25, 0.3) is 116 Å². The molecule has 12 aromatic rings. The lowest BCUT2D eigenvalue weighted by molar-refractivity contribution is 0.672. The number of hydrogen-bond donors (Lipinski definition) is 0. The van der Waals surface area contributed by atoms with Crippen LogP contribution in [0.4, 0.5) is 0 Å². The Bertz CT molecular complexity index is 3580. The van der Waals surface area contributed by atoms with E-state index in [0.29, 0.717) is 17.6 Å². The summed E-state index contributed by atoms with van der Waals surface area (Å²) in [5.41, 5.74) is 10.0. The molecule has 0 aliphatic heterocycles. The van der Waals surface area contributed by atoms with Crippen LogP contribution in [0.5, 0.6) is 0 Å². The molecular weight excluding hydrogens is 709 g/mol. The van der Waals surface area contributed by atoms with Crippen molar-refractivity contribution in [3.05, 3.63) is 194 Å². The SMILES string of the molecule is c1ccc(-c2cccc(-c3cccc(-c4nc(-c5cc6ccccc6c6oc7ccccc7c56)nc(-n5c6ccccc6c6cc7ccccc7cc65)n4)c3)c2)cc1. The van der Waals surface area contributed by atoms with Gasteiger partial charge in [0.15, 0.2) is 11.6 Å². The van der Waals surface area contributed by atoms with E-state index in [1.54, 1.807) is 0 Å². The number of para-hydroxylation sites is 2. The first kappa shape index (κ1) is 32.4. The van der Waals surface area contributed by atoms with Crippen molar-refractivity contribution >= 4 is 65.3 Å². The minimum atomic E-state index is 0.548. The molecule has 0 atom stereocenters. The number of furan rings is 1. The molecule has 0 aliphatic carbocycles. The van der Waals surface area contributed by atoms with Crippen molar-refractivity contribution in [2.75, 3.05) is 0 Å². The number of hydrogen-bond acceptors (Lipinski definition) is 4. The predicted molar refractivity (Wildman–Crippen MR) is 238 cm³/mol. The van der Waals surface area contributed by atoms with E-state index in [1.165, 1.54) is 16.5 Å². The zero-order valence-electron chi connectivity index (χ0n) is 31.2. The molecule has 3 heterocycles. The van der Waals surface area contributed by atoms with Crippen molar-refractivity contribution in [1.82, 2.24) is 19.5 Å². The van der Waals surface area contributed by atoms with E-state index < -0.39 is 0 Å². The molecule has 0 spiro atoms. The molecular formula is C53H32N4O. The summed E-state index contributed by atoms with van der Waals surface area (Å²) in [6.45, 7) is 0. The lowest BCUT2D eigenvalue weighted by Gasteiger charge is -2.13. The van der Waals surface area contributed by atoms with Gasteiger partial charge in [0.2, 0.25) is 5.95 Å². The predicted octanol–water partition coefficient (Wildman–Crippen LogP) is 13.8. The molecule has 0 radical (unpaired) electrons. The highest BCUT2D eigenvalue weighted by atomic mass is 16.3. The van der Waals surface area contributed by atoms with Crippen LogP contribution in [-0.4, -0.2) is 19.5 Å². The van der Waals surface area contributed by atoms with E-state index in [0.717, 1.165) is 82.2 Å². The molecule has 12 rings (SSSR count). The molecule has 0 amide bonds. The highest BCUT2D eigenvalue weighted by Gasteiger charge is 2.22. The highest BCUT2D eigenvalue weighted by molar-refractivity contribution is 6.21. The second-order valence-corrected chi connectivity index (χ2v) is 14.8. The Kier molecular flexibility index (Phi) is 7.16. The Morgan fingerprint density at radius 3 is 1.76 bits per heavy atom. The van der Waals surface area contributed by atoms with Gasteiger partial charge in [-0.25, -0.2) is 4.98 Å². The average Bonchev–Trinajstić information content (AvgIpc) is 3.84. The Morgan fingerprint density at radius 1 is 0.362 bits per heavy atom. The molecule has 0 N–H and O–H groups in total. The van der Waals surface area contributed by atoms with Crippen molar-refractivity contribution in [2.24, 2.45) is 0 Å². The van der Waals surface area contributed by atoms with Gasteiger partial charge >= 0.3 is 0 Å². The van der Waals surface area contributed by atoms with E-state index in [1.807, 2.05) is 18.2 Å². The largest absolute Gasteiger partial charge is 0.455 e. The molecule has 58 heavy (non-hydrogen) atoms. The Balaban J connectivity index is 1.14. The topological polar surface area (TPSA) is 56.7 Å². The van der Waals surface area contributed by atoms with Crippen LogP contribution in [0, 0.1) is 0 Å². The Morgan fingerprint density at radius 2 is 0.948 bits per heavy atom. The van der Waals surface area contributed by atoms with Gasteiger partial charge in [-0.15, -0.1) is 0 Å². The van der Waals surface area contributed by atoms with Crippen LogP contribution in [-0.2, 0) is 0 Å². The van der Waals surface area contributed by atoms with Crippen molar-refractivity contribution in [3.63, 3.8) is 0 Å². The molecule has 5 nitrogen and oxygen atoms in total. The van der Waals surface area contributed by atoms with Crippen LogP contribution in [0.2, 0.25) is 0 Å². The first-order valence-corrected chi connectivity index (χ1v) is 19.5. The van der Waals surface area contributed by atoms with Gasteiger partial charge in [-0.2, -0.15) is 9.97 Å². The van der Waals surface area contributed by atoms with Gasteiger partial charge < -0.3 is 4.42 Å². The third kappa shape index (κ3) is 5.14. The standard InChI is InChI=1S/C53H32N4O/c1-2-14-33(15-3-1)34-19-12-20-35(28-34)36-21-13-22-40(29-36)51-54-52(45-31-39-18-6-7-23-41(39)50-49(45)43-25-9-11-27-48(43)58-50)56-53(55-51)57-46-26-10-8-24-42(46)44-30-37-16-4-5-17-38(37)32-47(44)57/h1-32H. The Hall–Kier alpha value is -7.89. The van der Waals surface area contributed by atoms with Gasteiger partial charge in [0.1, 0.15) is 11.2 Å². The third-order valence-corrected chi connectivity index (χ3v) is 11.4. The molecule has 0 saturated carbocycles. The molecule has 0 unspecified atom stereocenters. The van der Waals surface area contributed by atoms with Gasteiger partial charge in [0.05, 0.1) is 11.0 Å². The van der Waals surface area contributed by atoms with Gasteiger partial charge in [0.25, 0.3) is 0 Å². The van der Waals surface area contributed by atoms with Crippen LogP contribution in [0.15, 0.2) is 199 Å². The van der Waals surface area contributed by atoms with Gasteiger partial charge in [0, 0.05) is 38.1 Å². The molecule has 5 heteroatoms. The molecule has 270 valence electrons. The normalized spacial score (nSPS) is 11.8. The van der Waals surface area contributed by atoms with Crippen molar-refractivity contribution < 1.29 is 4.42 Å². The van der Waals surface area contributed by atoms with Gasteiger partial charge in [-0.3, -0.25) is 4.57 Å². The van der Waals surface area contributed by atoms with E-state index in [9.17, 15) is 0 Å². The van der Waals surface area contributed by atoms with Crippen molar-refractivity contribution in [3.8, 4) is 51.0 Å². The lowest BCUT2D eigenvalue weighted by atomic mass is 9.98. The quantitative estimate of drug-likeness (QED) is 0.176. The zero-order valence-corrected chi connectivity index (χ0v) is 31.2. The number of rotatable bonds is 5. The summed E-state index contributed by atoms with van der Waals surface area (Å²) in [6.07, 6.45) is 0. The summed E-state index contributed by atoms with van der Waals surface area (Å²) in [6, 6.07) is 68.1. The average molecular weight is 741 g/mol. The number of fused-ring (bicyclic) bond motifs is 9. The van der Waals surface area contributed by atoms with E-state index in [-0.39, 0.29) is 0 Å². The van der Waals surface area contributed by atoms with Crippen LogP contribution >= 0.6 is 0 Å². The fourth-order valence-electron chi connectivity index (χ4n) is 8.67. The smallest absolute Gasteiger partial charge is 0.238 e. The van der Waals surface area contributed by atoms with Crippen LogP contribution < -0.4 is 0 Å². The fourth-order valence-corrected chi connectivity index (χ4v) is 8.67. The first-order valence-electron chi connectivity index (χ1n) is 19.5. The lowest BCUT2D eigenvalue weighted by Crippen LogP contribution is -2.06. The second kappa shape index (κ2) is 12.8. The molecule has 0 bridgehead atoms. The monoisotopic (exact) mass is 740 g/mol. The van der Waals surface area contributed by atoms with E-state index in [2.05, 4.69) is 180 Å². The van der Waals surface area contributed by atoms with Crippen LogP contribution in [0.3, 0.4) is 0 Å². The maximum absolute atomic E-state index is 6.63. The summed E-state index contributed by atoms with van der Waals surface area (Å²) in [4.78, 5) is 16.1. The van der Waals surface area contributed by atoms with E-state index >= 15 is 0 Å². The number of aromatic nitrogens is 4. The molecule has 3 aromatic heterocycles. The van der Waals surface area contributed by atoms with Crippen LogP contribution in [0.1, 0.15) is 0 Å². The highest BCUT2D eigenvalue weighted by Crippen LogP contribution is 2.42. The fraction of sp³-hybridized carbons (Fsp3) is 0. The summed E-state index contributed by atoms with van der Waals surface area (Å²) in [5.74, 6) is 1.71. The first-order chi connectivity index (χ1) is 28.7. The summed E-state index contributed by atoms with van der Waals surface area (Å²) in [5, 5.41) is 8.73. The Labute approximate surface area is 333 Å². The summed E-state index contributed by atoms with van der Waals surface area (Å²) < 4.78 is 8.83. The number of benzene rings is 9. The third-order valence-electron chi connectivity index (χ3n) is 11.4. The molecule has 0 aliphatic rings. The van der Waals surface area contributed by atoms with Crippen molar-refractivity contribution in [2.45, 2.75) is 0 Å². The summed E-state index contributed by atoms with van der Waals surface area (Å²) in [7, 11) is 0. The van der Waals surface area contributed by atoms with E-state index in [4.69, 9.17) is 19.4 Å². The molecule has 0 fully saturated rings. The summed E-state index contributed by atoms with van der Waals surface area (Å²) >= 11 is 0. The van der Waals surface area contributed by atoms with Crippen molar-refractivity contribution in [1.29, 1.82) is 0 Å².